The van der Waals surface area contributed by atoms with E-state index in [9.17, 15) is 0 Å². The predicted octanol–water partition coefficient (Wildman–Crippen LogP) is 2.26. The molecule has 1 saturated carbocycles. The van der Waals surface area contributed by atoms with E-state index in [0.717, 1.165) is 6.54 Å². The maximum absolute atomic E-state index is 4.26. The Kier molecular flexibility index (Phi) is 2.83. The summed E-state index contributed by atoms with van der Waals surface area (Å²) < 4.78 is 2.00. The van der Waals surface area contributed by atoms with Crippen LogP contribution in [0.1, 0.15) is 44.8 Å². The average Bonchev–Trinajstić information content (AvgIpc) is 2.81. The Morgan fingerprint density at radius 2 is 2.33 bits per heavy atom. The molecule has 0 radical (unpaired) electrons. The fraction of sp³-hybridized carbons (Fsp3) is 0.750. The van der Waals surface area contributed by atoms with Crippen molar-refractivity contribution in [1.29, 1.82) is 0 Å². The summed E-state index contributed by atoms with van der Waals surface area (Å²) in [7, 11) is 2.03. The average molecular weight is 207 g/mol. The molecule has 0 spiro atoms. The largest absolute Gasteiger partial charge is 0.308 e. The number of aromatic nitrogens is 2. The van der Waals surface area contributed by atoms with E-state index in [-0.39, 0.29) is 0 Å². The summed E-state index contributed by atoms with van der Waals surface area (Å²) in [5.41, 5.74) is 1.78. The molecule has 84 valence electrons. The van der Waals surface area contributed by atoms with Gasteiger partial charge in [0.2, 0.25) is 0 Å². The Morgan fingerprint density at radius 1 is 1.60 bits per heavy atom. The third-order valence-electron chi connectivity index (χ3n) is 3.49. The van der Waals surface area contributed by atoms with E-state index in [0.29, 0.717) is 11.5 Å². The fourth-order valence-corrected chi connectivity index (χ4v) is 2.15. The van der Waals surface area contributed by atoms with Crippen LogP contribution < -0.4 is 5.32 Å². The molecular weight excluding hydrogens is 186 g/mol. The molecule has 1 N–H and O–H groups in total. The quantitative estimate of drug-likeness (QED) is 0.802. The van der Waals surface area contributed by atoms with Crippen LogP contribution in [-0.4, -0.2) is 16.3 Å². The van der Waals surface area contributed by atoms with Gasteiger partial charge >= 0.3 is 0 Å². The highest BCUT2D eigenvalue weighted by atomic mass is 15.3. The van der Waals surface area contributed by atoms with Crippen molar-refractivity contribution in [2.45, 2.75) is 39.2 Å². The molecule has 3 nitrogen and oxygen atoms in total. The summed E-state index contributed by atoms with van der Waals surface area (Å²) in [6.07, 6.45) is 5.74. The van der Waals surface area contributed by atoms with Gasteiger partial charge in [0.1, 0.15) is 0 Å². The first kappa shape index (κ1) is 10.7. The van der Waals surface area contributed by atoms with E-state index in [4.69, 9.17) is 0 Å². The van der Waals surface area contributed by atoms with E-state index in [1.165, 1.54) is 25.0 Å². The molecule has 1 fully saturated rings. The second kappa shape index (κ2) is 3.97. The summed E-state index contributed by atoms with van der Waals surface area (Å²) in [6, 6.07) is 2.61. The van der Waals surface area contributed by atoms with Crippen molar-refractivity contribution in [2.24, 2.45) is 12.5 Å². The summed E-state index contributed by atoms with van der Waals surface area (Å²) in [5, 5.41) is 7.92. The Labute approximate surface area is 91.9 Å². The molecule has 0 aliphatic heterocycles. The number of nitrogens with one attached hydrogen (secondary N) is 1. The molecule has 1 aromatic heterocycles. The van der Waals surface area contributed by atoms with Crippen LogP contribution in [0, 0.1) is 5.41 Å². The van der Waals surface area contributed by atoms with Crippen molar-refractivity contribution in [2.75, 3.05) is 6.54 Å². The number of aryl methyl sites for hydroxylation is 1. The number of hydrogen-bond acceptors (Lipinski definition) is 2. The minimum Gasteiger partial charge on any atom is -0.308 e. The van der Waals surface area contributed by atoms with Crippen LogP contribution in [0.5, 0.6) is 0 Å². The van der Waals surface area contributed by atoms with Crippen LogP contribution >= 0.6 is 0 Å². The van der Waals surface area contributed by atoms with Gasteiger partial charge in [-0.15, -0.1) is 0 Å². The molecular formula is C12H21N3. The van der Waals surface area contributed by atoms with Crippen LogP contribution in [0.4, 0.5) is 0 Å². The Bertz CT molecular complexity index is 325. The summed E-state index contributed by atoms with van der Waals surface area (Å²) in [5.74, 6) is 0. The number of rotatable bonds is 5. The topological polar surface area (TPSA) is 29.9 Å². The van der Waals surface area contributed by atoms with Gasteiger partial charge in [0, 0.05) is 13.2 Å². The maximum atomic E-state index is 4.26. The van der Waals surface area contributed by atoms with Crippen molar-refractivity contribution in [3.8, 4) is 0 Å². The lowest BCUT2D eigenvalue weighted by molar-refractivity contribution is 0.348. The van der Waals surface area contributed by atoms with Crippen molar-refractivity contribution in [3.05, 3.63) is 18.0 Å². The smallest absolute Gasteiger partial charge is 0.0555 e. The standard InChI is InChI=1S/C12H21N3/c1-4-8-13-11(12(2)6-7-12)10-5-9-14-15(10)3/h5,9,11,13H,4,6-8H2,1-3H3. The van der Waals surface area contributed by atoms with Gasteiger partial charge in [0.05, 0.1) is 11.7 Å². The second-order valence-electron chi connectivity index (χ2n) is 4.92. The van der Waals surface area contributed by atoms with Gasteiger partial charge in [-0.3, -0.25) is 4.68 Å². The van der Waals surface area contributed by atoms with Crippen molar-refractivity contribution in [1.82, 2.24) is 15.1 Å². The lowest BCUT2D eigenvalue weighted by Crippen LogP contribution is -2.30. The molecule has 1 atom stereocenters. The Balaban J connectivity index is 2.15. The Hall–Kier alpha value is -0.830. The molecule has 1 aliphatic rings. The highest BCUT2D eigenvalue weighted by Crippen LogP contribution is 2.54. The van der Waals surface area contributed by atoms with Crippen molar-refractivity contribution >= 4 is 0 Å². The van der Waals surface area contributed by atoms with E-state index in [1.54, 1.807) is 0 Å². The van der Waals surface area contributed by atoms with Gasteiger partial charge in [-0.1, -0.05) is 13.8 Å². The first-order chi connectivity index (χ1) is 7.17. The van der Waals surface area contributed by atoms with E-state index in [1.807, 2.05) is 17.9 Å². The third-order valence-corrected chi connectivity index (χ3v) is 3.49. The zero-order chi connectivity index (χ0) is 10.9. The number of nitrogens with zero attached hydrogens (tertiary/aromatic N) is 2. The molecule has 1 heterocycles. The lowest BCUT2D eigenvalue weighted by Gasteiger charge is -2.25. The molecule has 15 heavy (non-hydrogen) atoms. The molecule has 0 aromatic carbocycles. The molecule has 0 amide bonds. The second-order valence-corrected chi connectivity index (χ2v) is 4.92. The lowest BCUT2D eigenvalue weighted by atomic mass is 9.95. The van der Waals surface area contributed by atoms with Gasteiger partial charge in [-0.25, -0.2) is 0 Å². The molecule has 2 rings (SSSR count). The zero-order valence-corrected chi connectivity index (χ0v) is 9.95. The first-order valence-corrected chi connectivity index (χ1v) is 5.88. The van der Waals surface area contributed by atoms with Crippen LogP contribution in [0.25, 0.3) is 0 Å². The maximum Gasteiger partial charge on any atom is 0.0555 e. The number of hydrogen-bond donors (Lipinski definition) is 1. The summed E-state index contributed by atoms with van der Waals surface area (Å²) >= 11 is 0. The molecule has 0 bridgehead atoms. The minimum absolute atomic E-state index is 0.461. The zero-order valence-electron chi connectivity index (χ0n) is 9.95. The molecule has 1 aromatic rings. The van der Waals surface area contributed by atoms with Gasteiger partial charge < -0.3 is 5.32 Å². The fourth-order valence-electron chi connectivity index (χ4n) is 2.15. The molecule has 1 aliphatic carbocycles. The van der Waals surface area contributed by atoms with Gasteiger partial charge in [0.15, 0.2) is 0 Å². The normalized spacial score (nSPS) is 20.2. The van der Waals surface area contributed by atoms with Crippen LogP contribution in [0.3, 0.4) is 0 Å². The summed E-state index contributed by atoms with van der Waals surface area (Å²) in [4.78, 5) is 0. The van der Waals surface area contributed by atoms with E-state index >= 15 is 0 Å². The van der Waals surface area contributed by atoms with E-state index < -0.39 is 0 Å². The highest BCUT2D eigenvalue weighted by Gasteiger charge is 2.46. The molecule has 3 heteroatoms. The first-order valence-electron chi connectivity index (χ1n) is 5.88. The molecule has 1 unspecified atom stereocenters. The van der Waals surface area contributed by atoms with E-state index in [2.05, 4.69) is 30.3 Å². The summed E-state index contributed by atoms with van der Waals surface area (Å²) in [6.45, 7) is 5.67. The van der Waals surface area contributed by atoms with Gasteiger partial charge in [-0.05, 0) is 37.3 Å². The predicted molar refractivity (Wildman–Crippen MR) is 61.6 cm³/mol. The van der Waals surface area contributed by atoms with Gasteiger partial charge in [0.25, 0.3) is 0 Å². The van der Waals surface area contributed by atoms with Crippen molar-refractivity contribution in [3.63, 3.8) is 0 Å². The molecule has 0 saturated heterocycles. The minimum atomic E-state index is 0.461. The SMILES string of the molecule is CCCNC(c1ccnn1C)C1(C)CC1. The third kappa shape index (κ3) is 2.07. The van der Waals surface area contributed by atoms with Crippen molar-refractivity contribution < 1.29 is 0 Å². The van der Waals surface area contributed by atoms with Gasteiger partial charge in [-0.2, -0.15) is 5.10 Å². The van der Waals surface area contributed by atoms with Crippen LogP contribution in [0.2, 0.25) is 0 Å². The Morgan fingerprint density at radius 3 is 2.80 bits per heavy atom. The monoisotopic (exact) mass is 207 g/mol. The highest BCUT2D eigenvalue weighted by molar-refractivity contribution is 5.15. The van der Waals surface area contributed by atoms with Crippen LogP contribution in [-0.2, 0) is 7.05 Å². The van der Waals surface area contributed by atoms with Crippen LogP contribution in [0.15, 0.2) is 12.3 Å².